The van der Waals surface area contributed by atoms with Gasteiger partial charge in [0, 0.05) is 19.1 Å². The molecule has 1 atom stereocenters. The Balaban J connectivity index is 1.86. The largest absolute Gasteiger partial charge is 0.477 e. The van der Waals surface area contributed by atoms with E-state index in [4.69, 9.17) is 16.3 Å². The first kappa shape index (κ1) is 22.4. The van der Waals surface area contributed by atoms with Crippen LogP contribution in [0.1, 0.15) is 28.5 Å². The highest BCUT2D eigenvalue weighted by Crippen LogP contribution is 2.46. The Morgan fingerprint density at radius 1 is 0.833 bits per heavy atom. The van der Waals surface area contributed by atoms with Crippen LogP contribution in [0, 0.1) is 13.8 Å². The highest BCUT2D eigenvalue weighted by molar-refractivity contribution is 6.30. The molecular formula is C29H24ClN3O3. The first-order chi connectivity index (χ1) is 17.3. The molecular weight excluding hydrogens is 474 g/mol. The Morgan fingerprint density at radius 2 is 1.50 bits per heavy atom. The highest BCUT2D eigenvalue weighted by Gasteiger charge is 2.36. The van der Waals surface area contributed by atoms with E-state index in [2.05, 4.69) is 10.6 Å². The van der Waals surface area contributed by atoms with E-state index in [0.717, 1.165) is 39.3 Å². The maximum atomic E-state index is 13.7. The monoisotopic (exact) mass is 497 g/mol. The summed E-state index contributed by atoms with van der Waals surface area (Å²) in [5.41, 5.74) is 6.07. The zero-order valence-corrected chi connectivity index (χ0v) is 21.1. The lowest BCUT2D eigenvalue weighted by molar-refractivity contribution is 0.229. The van der Waals surface area contributed by atoms with Crippen molar-refractivity contribution in [3.05, 3.63) is 115 Å². The van der Waals surface area contributed by atoms with Crippen molar-refractivity contribution in [3.63, 3.8) is 0 Å². The third kappa shape index (κ3) is 3.18. The number of nitrogens with zero attached hydrogens (tertiary/aromatic N) is 3. The predicted octanol–water partition coefficient (Wildman–Crippen LogP) is 5.45. The Morgan fingerprint density at radius 3 is 2.19 bits per heavy atom. The quantitative estimate of drug-likeness (QED) is 0.326. The lowest BCUT2D eigenvalue weighted by Gasteiger charge is -2.30. The summed E-state index contributed by atoms with van der Waals surface area (Å²) in [4.78, 5) is 26.9. The molecule has 2 aromatic heterocycles. The number of aryl methyl sites for hydroxylation is 3. The summed E-state index contributed by atoms with van der Waals surface area (Å²) in [6.45, 7) is 4.05. The van der Waals surface area contributed by atoms with Gasteiger partial charge in [-0.2, -0.15) is 0 Å². The number of ether oxygens (including phenoxy) is 1. The van der Waals surface area contributed by atoms with Crippen molar-refractivity contribution in [2.75, 3.05) is 0 Å². The predicted molar refractivity (Wildman–Crippen MR) is 143 cm³/mol. The minimum Gasteiger partial charge on any atom is -0.477 e. The van der Waals surface area contributed by atoms with Crippen molar-refractivity contribution in [2.45, 2.75) is 20.0 Å². The molecule has 0 amide bonds. The van der Waals surface area contributed by atoms with Crippen LogP contribution in [0.15, 0.2) is 76.3 Å². The summed E-state index contributed by atoms with van der Waals surface area (Å²) in [6, 6.07) is 21.6. The van der Waals surface area contributed by atoms with Gasteiger partial charge in [-0.25, -0.2) is 4.79 Å². The maximum Gasteiger partial charge on any atom is 0.331 e. The van der Waals surface area contributed by atoms with Gasteiger partial charge < -0.3 is 9.30 Å². The van der Waals surface area contributed by atoms with Crippen LogP contribution in [0.4, 0.5) is 0 Å². The normalized spacial score (nSPS) is 14.4. The molecule has 3 aromatic carbocycles. The Bertz CT molecular complexity index is 1790. The van der Waals surface area contributed by atoms with Crippen LogP contribution < -0.4 is 16.0 Å². The number of rotatable bonds is 2. The standard InChI is InChI=1S/C29H24ClN3O3/c1-16-5-8-18(9-6-16)24-23-25(31(3)29(35)32(4)28(23)34)26-27(19-10-12-20(30)13-11-19)36-22-14-7-17(2)15-21(22)33(24)26/h5-15,27H,1-4H3/t27-/m1/s1. The summed E-state index contributed by atoms with van der Waals surface area (Å²) >= 11 is 6.19. The zero-order valence-electron chi connectivity index (χ0n) is 20.4. The molecule has 0 radical (unpaired) electrons. The first-order valence-corrected chi connectivity index (χ1v) is 12.1. The molecule has 5 aromatic rings. The summed E-state index contributed by atoms with van der Waals surface area (Å²) in [5.74, 6) is 0.698. The van der Waals surface area contributed by atoms with Crippen molar-refractivity contribution in [1.82, 2.24) is 13.7 Å². The van der Waals surface area contributed by atoms with Crippen LogP contribution >= 0.6 is 11.6 Å². The number of halogens is 1. The molecule has 0 spiro atoms. The van der Waals surface area contributed by atoms with Crippen LogP contribution in [0.5, 0.6) is 5.75 Å². The third-order valence-electron chi connectivity index (χ3n) is 6.95. The van der Waals surface area contributed by atoms with Gasteiger partial charge in [-0.1, -0.05) is 59.6 Å². The number of fused-ring (bicyclic) bond motifs is 5. The van der Waals surface area contributed by atoms with Gasteiger partial charge in [0.1, 0.15) is 5.75 Å². The topological polar surface area (TPSA) is 58.2 Å². The van der Waals surface area contributed by atoms with Gasteiger partial charge in [-0.05, 0) is 54.8 Å². The van der Waals surface area contributed by atoms with Gasteiger partial charge >= 0.3 is 5.69 Å². The lowest BCUT2D eigenvalue weighted by Crippen LogP contribution is -2.37. The summed E-state index contributed by atoms with van der Waals surface area (Å²) in [5, 5.41) is 1.10. The number of hydrogen-bond donors (Lipinski definition) is 0. The minimum atomic E-state index is -0.558. The second-order valence-electron chi connectivity index (χ2n) is 9.39. The third-order valence-corrected chi connectivity index (χ3v) is 7.21. The Hall–Kier alpha value is -4.03. The summed E-state index contributed by atoms with van der Waals surface area (Å²) < 4.78 is 11.4. The molecule has 0 bridgehead atoms. The van der Waals surface area contributed by atoms with Crippen LogP contribution in [-0.2, 0) is 14.1 Å². The van der Waals surface area contributed by atoms with Crippen molar-refractivity contribution in [3.8, 4) is 22.7 Å². The lowest BCUT2D eigenvalue weighted by atomic mass is 10.0. The average Bonchev–Trinajstić information content (AvgIpc) is 3.23. The van der Waals surface area contributed by atoms with Crippen molar-refractivity contribution in [2.24, 2.45) is 14.1 Å². The SMILES string of the molecule is Cc1ccc(-c2c3c(=O)n(C)c(=O)n(C)c3c3n2-c2cc(C)ccc2O[C@@H]3c2ccc(Cl)cc2)cc1. The highest BCUT2D eigenvalue weighted by atomic mass is 35.5. The molecule has 0 saturated heterocycles. The van der Waals surface area contributed by atoms with Gasteiger partial charge in [0.05, 0.1) is 28.0 Å². The van der Waals surface area contributed by atoms with E-state index < -0.39 is 6.10 Å². The van der Waals surface area contributed by atoms with Crippen molar-refractivity contribution in [1.29, 1.82) is 0 Å². The van der Waals surface area contributed by atoms with Crippen LogP contribution in [-0.4, -0.2) is 13.7 Å². The molecule has 36 heavy (non-hydrogen) atoms. The maximum absolute atomic E-state index is 13.7. The van der Waals surface area contributed by atoms with Gasteiger partial charge in [0.25, 0.3) is 5.56 Å². The molecule has 7 heteroatoms. The molecule has 0 N–H and O–H groups in total. The molecule has 0 fully saturated rings. The second kappa shape index (κ2) is 8.00. The van der Waals surface area contributed by atoms with E-state index in [-0.39, 0.29) is 11.2 Å². The van der Waals surface area contributed by atoms with Gasteiger partial charge in [0.15, 0.2) is 6.10 Å². The van der Waals surface area contributed by atoms with Crippen molar-refractivity contribution < 1.29 is 4.74 Å². The molecule has 0 saturated carbocycles. The molecule has 1 aliphatic heterocycles. The van der Waals surface area contributed by atoms with E-state index in [1.165, 1.54) is 11.6 Å². The van der Waals surface area contributed by atoms with Gasteiger partial charge in [-0.3, -0.25) is 13.9 Å². The molecule has 0 unspecified atom stereocenters. The molecule has 180 valence electrons. The van der Waals surface area contributed by atoms with Gasteiger partial charge in [0.2, 0.25) is 0 Å². The zero-order chi connectivity index (χ0) is 25.3. The number of hydrogen-bond acceptors (Lipinski definition) is 3. The van der Waals surface area contributed by atoms with Crippen molar-refractivity contribution >= 4 is 22.5 Å². The summed E-state index contributed by atoms with van der Waals surface area (Å²) in [7, 11) is 3.22. The Labute approximate surface area is 212 Å². The number of aromatic nitrogens is 3. The average molecular weight is 498 g/mol. The molecule has 1 aliphatic rings. The minimum absolute atomic E-state index is 0.338. The Kier molecular flexibility index (Phi) is 4.99. The smallest absolute Gasteiger partial charge is 0.331 e. The van der Waals surface area contributed by atoms with E-state index >= 15 is 0 Å². The van der Waals surface area contributed by atoms with E-state index in [1.54, 1.807) is 11.6 Å². The van der Waals surface area contributed by atoms with E-state index in [9.17, 15) is 9.59 Å². The van der Waals surface area contributed by atoms with Gasteiger partial charge in [-0.15, -0.1) is 0 Å². The fourth-order valence-electron chi connectivity index (χ4n) is 5.12. The fourth-order valence-corrected chi connectivity index (χ4v) is 5.25. The first-order valence-electron chi connectivity index (χ1n) is 11.7. The second-order valence-corrected chi connectivity index (χ2v) is 9.82. The fraction of sp³-hybridized carbons (Fsp3) is 0.172. The summed E-state index contributed by atoms with van der Waals surface area (Å²) in [6.07, 6.45) is -0.558. The molecule has 6 rings (SSSR count). The van der Waals surface area contributed by atoms with E-state index in [1.807, 2.05) is 74.5 Å². The van der Waals surface area contributed by atoms with Crippen LogP contribution in [0.2, 0.25) is 5.02 Å². The number of benzene rings is 3. The molecule has 3 heterocycles. The van der Waals surface area contributed by atoms with Crippen LogP contribution in [0.3, 0.4) is 0 Å². The van der Waals surface area contributed by atoms with E-state index in [0.29, 0.717) is 21.7 Å². The van der Waals surface area contributed by atoms with Crippen LogP contribution in [0.25, 0.3) is 27.8 Å². The molecule has 0 aliphatic carbocycles. The molecule has 6 nitrogen and oxygen atoms in total.